The van der Waals surface area contributed by atoms with Gasteiger partial charge in [0.15, 0.2) is 11.5 Å². The monoisotopic (exact) mass is 481 g/mol. The number of methoxy groups -OCH3 is 1. The first-order chi connectivity index (χ1) is 16.4. The van der Waals surface area contributed by atoms with Gasteiger partial charge in [-0.15, -0.1) is 0 Å². The molecule has 5 fully saturated rings. The minimum Gasteiger partial charge on any atom is -0.504 e. The van der Waals surface area contributed by atoms with Gasteiger partial charge in [0, 0.05) is 36.6 Å². The van der Waals surface area contributed by atoms with Gasteiger partial charge in [0.1, 0.15) is 11.2 Å². The Labute approximate surface area is 210 Å². The first-order valence-electron chi connectivity index (χ1n) is 13.9. The molecule has 0 aromatic heterocycles. The second-order valence-corrected chi connectivity index (χ2v) is 14.3. The van der Waals surface area contributed by atoms with Crippen LogP contribution in [0.5, 0.6) is 11.5 Å². The third-order valence-corrected chi connectivity index (χ3v) is 12.5. The molecule has 1 aromatic carbocycles. The summed E-state index contributed by atoms with van der Waals surface area (Å²) in [5.74, 6) is 1.74. The van der Waals surface area contributed by atoms with E-state index >= 15 is 0 Å². The Kier molecular flexibility index (Phi) is 4.18. The van der Waals surface area contributed by atoms with Crippen molar-refractivity contribution in [2.75, 3.05) is 20.2 Å². The lowest BCUT2D eigenvalue weighted by Crippen LogP contribution is -2.87. The number of phenolic OH excluding ortho intramolecular Hbond substituents is 1. The fraction of sp³-hybridized carbons (Fsp3) is 0.800. The zero-order valence-corrected chi connectivity index (χ0v) is 22.4. The highest BCUT2D eigenvalue weighted by molar-refractivity contribution is 5.65. The fourth-order valence-electron chi connectivity index (χ4n) is 10.2. The molecule has 7 aliphatic rings. The van der Waals surface area contributed by atoms with Crippen molar-refractivity contribution >= 4 is 0 Å². The van der Waals surface area contributed by atoms with Crippen LogP contribution in [0.15, 0.2) is 12.1 Å². The van der Waals surface area contributed by atoms with Crippen molar-refractivity contribution in [2.45, 2.75) is 108 Å². The summed E-state index contributed by atoms with van der Waals surface area (Å²) in [5, 5.41) is 23.4. The topological polar surface area (TPSA) is 62.2 Å². The van der Waals surface area contributed by atoms with E-state index < -0.39 is 16.8 Å². The van der Waals surface area contributed by atoms with Crippen LogP contribution in [0.3, 0.4) is 0 Å². The molecule has 5 aliphatic carbocycles. The minimum absolute atomic E-state index is 0.00111. The van der Waals surface area contributed by atoms with Crippen molar-refractivity contribution in [1.82, 2.24) is 4.90 Å². The van der Waals surface area contributed by atoms with Gasteiger partial charge in [0.05, 0.1) is 11.0 Å². The molecule has 192 valence electrons. The zero-order valence-electron chi connectivity index (χ0n) is 22.4. The van der Waals surface area contributed by atoms with Crippen LogP contribution in [-0.4, -0.2) is 58.2 Å². The molecule has 1 unspecified atom stereocenters. The number of hydrogen-bond acceptors (Lipinski definition) is 5. The Morgan fingerprint density at radius 2 is 1.89 bits per heavy atom. The molecule has 2 aliphatic heterocycles. The molecule has 0 amide bonds. The highest BCUT2D eigenvalue weighted by atomic mass is 16.6. The van der Waals surface area contributed by atoms with Gasteiger partial charge in [-0.25, -0.2) is 0 Å². The van der Waals surface area contributed by atoms with Gasteiger partial charge in [-0.1, -0.05) is 26.8 Å². The first-order valence-corrected chi connectivity index (χ1v) is 13.9. The molecule has 4 bridgehead atoms. The van der Waals surface area contributed by atoms with Crippen molar-refractivity contribution in [3.63, 3.8) is 0 Å². The lowest BCUT2D eigenvalue weighted by atomic mass is 9.30. The normalized spacial score (nSPS) is 45.1. The van der Waals surface area contributed by atoms with Crippen LogP contribution in [0, 0.1) is 22.7 Å². The van der Waals surface area contributed by atoms with Crippen LogP contribution in [0.4, 0.5) is 0 Å². The summed E-state index contributed by atoms with van der Waals surface area (Å²) in [7, 11) is 1.83. The summed E-state index contributed by atoms with van der Waals surface area (Å²) >= 11 is 0. The molecule has 1 aromatic rings. The Balaban J connectivity index is 1.51. The Morgan fingerprint density at radius 1 is 1.14 bits per heavy atom. The fourth-order valence-corrected chi connectivity index (χ4v) is 10.2. The average Bonchev–Trinajstić information content (AvgIpc) is 3.56. The maximum atomic E-state index is 12.3. The van der Waals surface area contributed by atoms with Crippen molar-refractivity contribution in [1.29, 1.82) is 0 Å². The van der Waals surface area contributed by atoms with Crippen LogP contribution in [0.25, 0.3) is 0 Å². The van der Waals surface area contributed by atoms with Crippen molar-refractivity contribution in [3.05, 3.63) is 23.3 Å². The Bertz CT molecular complexity index is 1100. The predicted molar refractivity (Wildman–Crippen MR) is 135 cm³/mol. The molecule has 7 atom stereocenters. The number of phenols is 1. The highest BCUT2D eigenvalue weighted by Gasteiger charge is 2.86. The standard InChI is InChI=1S/C30H43NO4/c1-25(2,3)26(4,33)21-16-28-11-12-30(21,34-6)27(5)29(28)13-14-31(17-18-7-8-18)22(28)15-19-9-10-20(32)24(35-27)23(19)29/h9-10,18,21-22,32-33H,7-8,11-17H2,1-6H3/t21-,22?,26+,27+,28-,29+,30+/m1/s1. The maximum absolute atomic E-state index is 12.3. The summed E-state index contributed by atoms with van der Waals surface area (Å²) in [5.41, 5.74) is -0.0893. The third-order valence-electron chi connectivity index (χ3n) is 12.5. The second-order valence-electron chi connectivity index (χ2n) is 14.3. The minimum atomic E-state index is -0.933. The van der Waals surface area contributed by atoms with Crippen LogP contribution in [0.2, 0.25) is 0 Å². The number of aromatic hydroxyl groups is 1. The molecule has 2 spiro atoms. The number of piperidine rings is 1. The summed E-state index contributed by atoms with van der Waals surface area (Å²) < 4.78 is 13.7. The number of fused-ring (bicyclic) bond motifs is 2. The summed E-state index contributed by atoms with van der Waals surface area (Å²) in [6.07, 6.45) is 7.71. The summed E-state index contributed by atoms with van der Waals surface area (Å²) in [4.78, 5) is 2.82. The number of aliphatic hydroxyl groups is 1. The van der Waals surface area contributed by atoms with Gasteiger partial charge in [0.25, 0.3) is 0 Å². The van der Waals surface area contributed by atoms with E-state index in [-0.39, 0.29) is 27.9 Å². The van der Waals surface area contributed by atoms with E-state index in [1.165, 1.54) is 30.5 Å². The molecule has 1 saturated heterocycles. The van der Waals surface area contributed by atoms with Crippen LogP contribution >= 0.6 is 0 Å². The second kappa shape index (κ2) is 6.39. The van der Waals surface area contributed by atoms with Gasteiger partial charge in [-0.05, 0) is 88.3 Å². The van der Waals surface area contributed by atoms with Gasteiger partial charge >= 0.3 is 0 Å². The summed E-state index contributed by atoms with van der Waals surface area (Å²) in [6, 6.07) is 4.45. The average molecular weight is 482 g/mol. The van der Waals surface area contributed by atoms with Crippen LogP contribution in [-0.2, 0) is 16.6 Å². The number of ether oxygens (including phenoxy) is 2. The third kappa shape index (κ3) is 2.26. The lowest BCUT2D eigenvalue weighted by molar-refractivity contribution is -0.345. The van der Waals surface area contributed by atoms with E-state index in [4.69, 9.17) is 9.47 Å². The first kappa shape index (κ1) is 22.9. The van der Waals surface area contributed by atoms with Crippen LogP contribution < -0.4 is 4.74 Å². The SMILES string of the molecule is CO[C@@]12CC[C@@]3(C[C@@H]1[C@](C)(O)C(C)(C)C)C1Cc4ccc(O)c5c4[C@@]3(CCN1CC1CC1)[C@]2(C)O5. The molecule has 2 N–H and O–H groups in total. The molecule has 0 radical (unpaired) electrons. The van der Waals surface area contributed by atoms with Gasteiger partial charge in [-0.3, -0.25) is 4.90 Å². The van der Waals surface area contributed by atoms with Gasteiger partial charge in [0.2, 0.25) is 0 Å². The lowest BCUT2D eigenvalue weighted by Gasteiger charge is -2.78. The number of benzene rings is 1. The number of nitrogens with zero attached hydrogens (tertiary/aromatic N) is 1. The smallest absolute Gasteiger partial charge is 0.166 e. The molecule has 5 nitrogen and oxygen atoms in total. The number of likely N-dealkylation sites (tertiary alicyclic amines) is 1. The van der Waals surface area contributed by atoms with E-state index in [0.29, 0.717) is 11.8 Å². The highest BCUT2D eigenvalue weighted by Crippen LogP contribution is 2.81. The molecule has 35 heavy (non-hydrogen) atoms. The predicted octanol–water partition coefficient (Wildman–Crippen LogP) is 4.80. The molecule has 2 heterocycles. The van der Waals surface area contributed by atoms with Crippen LogP contribution in [0.1, 0.15) is 84.3 Å². The van der Waals surface area contributed by atoms with E-state index in [1.54, 1.807) is 0 Å². The Morgan fingerprint density at radius 3 is 2.54 bits per heavy atom. The molecule has 8 rings (SSSR count). The largest absolute Gasteiger partial charge is 0.504 e. The summed E-state index contributed by atoms with van der Waals surface area (Å²) in [6.45, 7) is 13.1. The Hall–Kier alpha value is -1.30. The zero-order chi connectivity index (χ0) is 24.8. The van der Waals surface area contributed by atoms with E-state index in [0.717, 1.165) is 44.6 Å². The quantitative estimate of drug-likeness (QED) is 0.647. The van der Waals surface area contributed by atoms with Crippen molar-refractivity contribution < 1.29 is 19.7 Å². The van der Waals surface area contributed by atoms with E-state index in [9.17, 15) is 10.2 Å². The molecule has 4 saturated carbocycles. The molecule has 5 heteroatoms. The van der Waals surface area contributed by atoms with Crippen molar-refractivity contribution in [2.24, 2.45) is 22.7 Å². The number of rotatable bonds is 4. The van der Waals surface area contributed by atoms with E-state index in [2.05, 4.69) is 38.7 Å². The molecular formula is C30H43NO4. The van der Waals surface area contributed by atoms with Gasteiger partial charge in [-0.2, -0.15) is 0 Å². The maximum Gasteiger partial charge on any atom is 0.166 e. The van der Waals surface area contributed by atoms with E-state index in [1.807, 2.05) is 20.1 Å². The number of hydrogen-bond donors (Lipinski definition) is 2. The molecular weight excluding hydrogens is 438 g/mol. The van der Waals surface area contributed by atoms with Crippen molar-refractivity contribution in [3.8, 4) is 11.5 Å². The van der Waals surface area contributed by atoms with Gasteiger partial charge < -0.3 is 19.7 Å².